The number of hydrogen-bond acceptors (Lipinski definition) is 3. The van der Waals surface area contributed by atoms with Crippen LogP contribution >= 0.6 is 11.8 Å². The number of ketones is 1. The summed E-state index contributed by atoms with van der Waals surface area (Å²) in [4.78, 5) is 14.7. The molecule has 29 heavy (non-hydrogen) atoms. The first-order valence-corrected chi connectivity index (χ1v) is 11.6. The number of Topliss-reactive ketones (excluding diaryl/α,β-unsaturated/α-hetero) is 1. The molecule has 1 heterocycles. The molecule has 0 saturated heterocycles. The molecule has 0 amide bonds. The maximum Gasteiger partial charge on any atom is 0.139 e. The normalized spacial score (nSPS) is 25.2. The summed E-state index contributed by atoms with van der Waals surface area (Å²) in [5.74, 6) is 0.636. The minimum atomic E-state index is -0.0125. The Hall–Kier alpha value is -2.26. The molecule has 1 aliphatic heterocycles. The highest BCUT2D eigenvalue weighted by molar-refractivity contribution is 7.98. The van der Waals surface area contributed by atoms with Gasteiger partial charge in [0, 0.05) is 22.9 Å². The second-order valence-corrected chi connectivity index (χ2v) is 10.2. The van der Waals surface area contributed by atoms with Crippen molar-refractivity contribution >= 4 is 34.0 Å². The average Bonchev–Trinajstić information content (AvgIpc) is 2.72. The molecular weight excluding hydrogens is 374 g/mol. The Labute approximate surface area is 177 Å². The SMILES string of the molecule is CSc1ccc([C@@H]2Nc3ccc4ccccc4c3[C@H]3CC(C)(C)CC(=O)[C@@H]32)cc1. The van der Waals surface area contributed by atoms with Gasteiger partial charge in [-0.1, -0.05) is 56.3 Å². The lowest BCUT2D eigenvalue weighted by molar-refractivity contribution is -0.129. The van der Waals surface area contributed by atoms with E-state index < -0.39 is 0 Å². The molecule has 148 valence electrons. The fourth-order valence-electron chi connectivity index (χ4n) is 5.49. The summed E-state index contributed by atoms with van der Waals surface area (Å²) < 4.78 is 0. The van der Waals surface area contributed by atoms with Crippen LogP contribution in [0.15, 0.2) is 65.6 Å². The van der Waals surface area contributed by atoms with Gasteiger partial charge < -0.3 is 5.32 Å². The Morgan fingerprint density at radius 3 is 2.52 bits per heavy atom. The van der Waals surface area contributed by atoms with Crippen molar-refractivity contribution in [2.75, 3.05) is 11.6 Å². The molecule has 0 radical (unpaired) electrons. The van der Waals surface area contributed by atoms with E-state index in [1.807, 2.05) is 0 Å². The van der Waals surface area contributed by atoms with Gasteiger partial charge in [-0.15, -0.1) is 11.8 Å². The fraction of sp³-hybridized carbons (Fsp3) is 0.346. The van der Waals surface area contributed by atoms with Crippen LogP contribution in [0.1, 0.15) is 49.8 Å². The molecule has 1 N–H and O–H groups in total. The van der Waals surface area contributed by atoms with Gasteiger partial charge in [0.15, 0.2) is 0 Å². The van der Waals surface area contributed by atoms with Gasteiger partial charge in [-0.3, -0.25) is 4.79 Å². The molecule has 1 saturated carbocycles. The third kappa shape index (κ3) is 3.16. The predicted molar refractivity (Wildman–Crippen MR) is 123 cm³/mol. The highest BCUT2D eigenvalue weighted by Gasteiger charge is 2.48. The standard InChI is InChI=1S/C26H27NOS/c1-26(2)14-20-23-19-7-5-4-6-16(19)10-13-21(23)27-25(24(20)22(28)15-26)17-8-11-18(29-3)12-9-17/h4-13,20,24-25,27H,14-15H2,1-3H3/t20-,24-,25+/m1/s1. The number of thioether (sulfide) groups is 1. The highest BCUT2D eigenvalue weighted by Crippen LogP contribution is 2.55. The summed E-state index contributed by atoms with van der Waals surface area (Å²) in [6.07, 6.45) is 3.80. The van der Waals surface area contributed by atoms with E-state index in [1.54, 1.807) is 11.8 Å². The molecule has 0 spiro atoms. The molecule has 1 fully saturated rings. The quantitative estimate of drug-likeness (QED) is 0.478. The van der Waals surface area contributed by atoms with Gasteiger partial charge in [0.25, 0.3) is 0 Å². The average molecular weight is 402 g/mol. The van der Waals surface area contributed by atoms with Crippen molar-refractivity contribution in [3.8, 4) is 0 Å². The number of rotatable bonds is 2. The number of carbonyl (C=O) groups excluding carboxylic acids is 1. The van der Waals surface area contributed by atoms with Gasteiger partial charge in [-0.2, -0.15) is 0 Å². The molecule has 0 bridgehead atoms. The van der Waals surface area contributed by atoms with Crippen LogP contribution in [-0.2, 0) is 4.79 Å². The molecule has 1 aliphatic carbocycles. The van der Waals surface area contributed by atoms with Crippen molar-refractivity contribution in [2.24, 2.45) is 11.3 Å². The smallest absolute Gasteiger partial charge is 0.139 e. The Morgan fingerprint density at radius 1 is 1.00 bits per heavy atom. The Kier molecular flexibility index (Phi) is 4.47. The molecular formula is C26H27NOS. The minimum Gasteiger partial charge on any atom is -0.377 e. The lowest BCUT2D eigenvalue weighted by atomic mass is 9.60. The second kappa shape index (κ2) is 6.91. The van der Waals surface area contributed by atoms with E-state index in [2.05, 4.69) is 86.1 Å². The molecule has 2 nitrogen and oxygen atoms in total. The monoisotopic (exact) mass is 401 g/mol. The lowest BCUT2D eigenvalue weighted by Gasteiger charge is -2.47. The fourth-order valence-corrected chi connectivity index (χ4v) is 5.90. The van der Waals surface area contributed by atoms with E-state index in [0.29, 0.717) is 12.2 Å². The first-order valence-electron chi connectivity index (χ1n) is 10.4. The van der Waals surface area contributed by atoms with Crippen LogP contribution in [0.2, 0.25) is 0 Å². The van der Waals surface area contributed by atoms with Gasteiger partial charge in [-0.05, 0) is 64.1 Å². The predicted octanol–water partition coefficient (Wildman–Crippen LogP) is 6.82. The summed E-state index contributed by atoms with van der Waals surface area (Å²) >= 11 is 1.75. The van der Waals surface area contributed by atoms with Gasteiger partial charge >= 0.3 is 0 Å². The van der Waals surface area contributed by atoms with Crippen LogP contribution in [0, 0.1) is 11.3 Å². The molecule has 3 aromatic carbocycles. The number of hydrogen-bond donors (Lipinski definition) is 1. The van der Waals surface area contributed by atoms with Crippen LogP contribution in [-0.4, -0.2) is 12.0 Å². The summed E-state index contributed by atoms with van der Waals surface area (Å²) in [6.45, 7) is 4.49. The van der Waals surface area contributed by atoms with Crippen LogP contribution < -0.4 is 5.32 Å². The summed E-state index contributed by atoms with van der Waals surface area (Å²) in [5.41, 5.74) is 3.78. The zero-order chi connectivity index (χ0) is 20.2. The van der Waals surface area contributed by atoms with Crippen LogP contribution in [0.3, 0.4) is 0 Å². The maximum absolute atomic E-state index is 13.5. The molecule has 5 rings (SSSR count). The number of anilines is 1. The Balaban J connectivity index is 1.69. The van der Waals surface area contributed by atoms with Crippen molar-refractivity contribution in [3.63, 3.8) is 0 Å². The third-order valence-electron chi connectivity index (χ3n) is 6.72. The molecule has 0 unspecified atom stereocenters. The minimum absolute atomic E-state index is 0.0125. The van der Waals surface area contributed by atoms with E-state index in [4.69, 9.17) is 0 Å². The van der Waals surface area contributed by atoms with Crippen LogP contribution in [0.25, 0.3) is 10.8 Å². The van der Waals surface area contributed by atoms with Gasteiger partial charge in [-0.25, -0.2) is 0 Å². The molecule has 3 aromatic rings. The van der Waals surface area contributed by atoms with Crippen molar-refractivity contribution in [3.05, 3.63) is 71.8 Å². The van der Waals surface area contributed by atoms with Crippen LogP contribution in [0.5, 0.6) is 0 Å². The van der Waals surface area contributed by atoms with E-state index >= 15 is 0 Å². The first kappa shape index (κ1) is 18.7. The van der Waals surface area contributed by atoms with Crippen molar-refractivity contribution in [1.82, 2.24) is 0 Å². The van der Waals surface area contributed by atoms with Gasteiger partial charge in [0.1, 0.15) is 5.78 Å². The number of carbonyl (C=O) groups is 1. The maximum atomic E-state index is 13.5. The highest BCUT2D eigenvalue weighted by atomic mass is 32.2. The second-order valence-electron chi connectivity index (χ2n) is 9.29. The zero-order valence-electron chi connectivity index (χ0n) is 17.2. The summed E-state index contributed by atoms with van der Waals surface area (Å²) in [5, 5.41) is 6.31. The van der Waals surface area contributed by atoms with Crippen LogP contribution in [0.4, 0.5) is 5.69 Å². The summed E-state index contributed by atoms with van der Waals surface area (Å²) in [6, 6.07) is 21.8. The summed E-state index contributed by atoms with van der Waals surface area (Å²) in [7, 11) is 0. The number of nitrogens with one attached hydrogen (secondary N) is 1. The molecule has 2 aliphatic rings. The van der Waals surface area contributed by atoms with Crippen molar-refractivity contribution < 1.29 is 4.79 Å². The Bertz CT molecular complexity index is 1090. The topological polar surface area (TPSA) is 29.1 Å². The molecule has 0 aromatic heterocycles. The zero-order valence-corrected chi connectivity index (χ0v) is 18.1. The molecule has 3 heteroatoms. The van der Waals surface area contributed by atoms with E-state index in [9.17, 15) is 4.79 Å². The van der Waals surface area contributed by atoms with Crippen molar-refractivity contribution in [2.45, 2.75) is 43.5 Å². The van der Waals surface area contributed by atoms with Gasteiger partial charge in [0.05, 0.1) is 6.04 Å². The number of fused-ring (bicyclic) bond motifs is 5. The van der Waals surface area contributed by atoms with Gasteiger partial charge in [0.2, 0.25) is 0 Å². The first-order chi connectivity index (χ1) is 14.0. The largest absolute Gasteiger partial charge is 0.377 e. The van der Waals surface area contributed by atoms with E-state index in [-0.39, 0.29) is 23.3 Å². The molecule has 3 atom stereocenters. The van der Waals surface area contributed by atoms with E-state index in [1.165, 1.54) is 32.5 Å². The van der Waals surface area contributed by atoms with E-state index in [0.717, 1.165) is 6.42 Å². The lowest BCUT2D eigenvalue weighted by Crippen LogP contribution is -2.44. The third-order valence-corrected chi connectivity index (χ3v) is 7.46. The Morgan fingerprint density at radius 2 is 1.76 bits per heavy atom. The van der Waals surface area contributed by atoms with Crippen molar-refractivity contribution in [1.29, 1.82) is 0 Å². The number of benzene rings is 3.